The molecule has 1 aliphatic carbocycles. The molecule has 178 valence electrons. The van der Waals surface area contributed by atoms with E-state index in [0.29, 0.717) is 16.8 Å². The molecule has 0 unspecified atom stereocenters. The van der Waals surface area contributed by atoms with Crippen molar-refractivity contribution in [2.45, 2.75) is 45.2 Å². The number of anilines is 2. The number of esters is 1. The number of hydrogen-bond acceptors (Lipinski definition) is 6. The SMILES string of the molecule is Cc1cc(Nc2nccc(C(F)(F)F)n2)cc(-c2c[nH]c(=O)c(OC(=O)C3CCCCC3)c2)c1. The average molecular weight is 472 g/mol. The third kappa shape index (κ3) is 5.62. The van der Waals surface area contributed by atoms with Crippen LogP contribution in [0.1, 0.15) is 43.4 Å². The molecule has 2 heterocycles. The van der Waals surface area contributed by atoms with Crippen LogP contribution in [0.25, 0.3) is 11.1 Å². The molecule has 1 aromatic carbocycles. The predicted octanol–water partition coefficient (Wildman–Crippen LogP) is 5.39. The topological polar surface area (TPSA) is 97.0 Å². The second kappa shape index (κ2) is 9.66. The van der Waals surface area contributed by atoms with Crippen molar-refractivity contribution in [3.63, 3.8) is 0 Å². The summed E-state index contributed by atoms with van der Waals surface area (Å²) in [6.45, 7) is 1.82. The van der Waals surface area contributed by atoms with E-state index in [-0.39, 0.29) is 17.6 Å². The molecule has 2 N–H and O–H groups in total. The molecule has 2 aromatic heterocycles. The van der Waals surface area contributed by atoms with Crippen molar-refractivity contribution in [2.24, 2.45) is 5.92 Å². The van der Waals surface area contributed by atoms with E-state index < -0.39 is 23.4 Å². The molecular weight excluding hydrogens is 449 g/mol. The fourth-order valence-electron chi connectivity index (χ4n) is 3.96. The van der Waals surface area contributed by atoms with E-state index in [4.69, 9.17) is 4.74 Å². The van der Waals surface area contributed by atoms with Gasteiger partial charge in [-0.1, -0.05) is 25.3 Å². The molecule has 4 rings (SSSR count). The van der Waals surface area contributed by atoms with Crippen LogP contribution in [0.2, 0.25) is 0 Å². The lowest BCUT2D eigenvalue weighted by Crippen LogP contribution is -2.25. The number of nitrogens with zero attached hydrogens (tertiary/aromatic N) is 2. The van der Waals surface area contributed by atoms with Crippen LogP contribution in [0.15, 0.2) is 47.5 Å². The summed E-state index contributed by atoms with van der Waals surface area (Å²) in [6, 6.07) is 7.51. The molecular formula is C24H23F3N4O3. The van der Waals surface area contributed by atoms with Gasteiger partial charge in [0.2, 0.25) is 5.95 Å². The quantitative estimate of drug-likeness (QED) is 0.484. The Balaban J connectivity index is 1.58. The number of benzene rings is 1. The van der Waals surface area contributed by atoms with Gasteiger partial charge in [0.05, 0.1) is 5.92 Å². The van der Waals surface area contributed by atoms with E-state index in [2.05, 4.69) is 20.3 Å². The van der Waals surface area contributed by atoms with E-state index in [1.807, 2.05) is 13.0 Å². The zero-order valence-electron chi connectivity index (χ0n) is 18.4. The highest BCUT2D eigenvalue weighted by atomic mass is 19.4. The van der Waals surface area contributed by atoms with Gasteiger partial charge in [0.1, 0.15) is 5.69 Å². The van der Waals surface area contributed by atoms with Crippen molar-refractivity contribution in [2.75, 3.05) is 5.32 Å². The second-order valence-electron chi connectivity index (χ2n) is 8.31. The lowest BCUT2D eigenvalue weighted by Gasteiger charge is -2.19. The number of pyridine rings is 1. The first-order chi connectivity index (χ1) is 16.2. The van der Waals surface area contributed by atoms with E-state index in [9.17, 15) is 22.8 Å². The van der Waals surface area contributed by atoms with Crippen LogP contribution >= 0.6 is 0 Å². The molecule has 0 aliphatic heterocycles. The lowest BCUT2D eigenvalue weighted by atomic mass is 9.89. The molecule has 0 atom stereocenters. The standard InChI is InChI=1S/C24H23F3N4O3/c1-14-9-16(11-18(10-14)30-23-28-8-7-20(31-23)24(25,26)27)17-12-19(21(32)29-13-17)34-22(33)15-5-3-2-4-6-15/h7-13,15H,2-6H2,1H3,(H,29,32)(H,28,30,31). The van der Waals surface area contributed by atoms with Crippen LogP contribution in [0.5, 0.6) is 5.75 Å². The van der Waals surface area contributed by atoms with Gasteiger partial charge in [0.15, 0.2) is 5.75 Å². The summed E-state index contributed by atoms with van der Waals surface area (Å²) >= 11 is 0. The molecule has 10 heteroatoms. The van der Waals surface area contributed by atoms with Gasteiger partial charge < -0.3 is 15.0 Å². The van der Waals surface area contributed by atoms with Gasteiger partial charge in [0.25, 0.3) is 5.56 Å². The summed E-state index contributed by atoms with van der Waals surface area (Å²) < 4.78 is 44.3. The number of H-pyrrole nitrogens is 1. The van der Waals surface area contributed by atoms with Gasteiger partial charge in [-0.3, -0.25) is 9.59 Å². The van der Waals surface area contributed by atoms with Crippen LogP contribution in [0.3, 0.4) is 0 Å². The molecule has 0 spiro atoms. The van der Waals surface area contributed by atoms with Crippen LogP contribution in [-0.2, 0) is 11.0 Å². The third-order valence-electron chi connectivity index (χ3n) is 5.63. The van der Waals surface area contributed by atoms with Gasteiger partial charge in [0, 0.05) is 23.6 Å². The predicted molar refractivity (Wildman–Crippen MR) is 120 cm³/mol. The number of rotatable bonds is 5. The molecule has 0 radical (unpaired) electrons. The monoisotopic (exact) mass is 472 g/mol. The number of carbonyl (C=O) groups is 1. The van der Waals surface area contributed by atoms with Crippen molar-refractivity contribution in [1.82, 2.24) is 15.0 Å². The highest BCUT2D eigenvalue weighted by Gasteiger charge is 2.32. The van der Waals surface area contributed by atoms with Crippen LogP contribution < -0.4 is 15.6 Å². The molecule has 3 aromatic rings. The molecule has 0 amide bonds. The number of alkyl halides is 3. The number of aryl methyl sites for hydroxylation is 1. The number of hydrogen-bond donors (Lipinski definition) is 2. The molecule has 1 aliphatic rings. The highest BCUT2D eigenvalue weighted by Crippen LogP contribution is 2.30. The van der Waals surface area contributed by atoms with Crippen molar-refractivity contribution in [1.29, 1.82) is 0 Å². The van der Waals surface area contributed by atoms with E-state index in [0.717, 1.165) is 49.9 Å². The number of aromatic amines is 1. The zero-order valence-corrected chi connectivity index (χ0v) is 18.4. The van der Waals surface area contributed by atoms with Crippen molar-refractivity contribution in [3.05, 3.63) is 64.3 Å². The summed E-state index contributed by atoms with van der Waals surface area (Å²) in [5.41, 5.74) is 0.919. The Hall–Kier alpha value is -3.69. The first kappa shape index (κ1) is 23.5. The maximum Gasteiger partial charge on any atom is 0.433 e. The van der Waals surface area contributed by atoms with E-state index in [1.165, 1.54) is 12.3 Å². The molecule has 0 saturated heterocycles. The highest BCUT2D eigenvalue weighted by molar-refractivity contribution is 5.76. The Kier molecular flexibility index (Phi) is 6.67. The molecule has 1 saturated carbocycles. The summed E-state index contributed by atoms with van der Waals surface area (Å²) in [6.07, 6.45) is 2.45. The minimum Gasteiger partial charge on any atom is -0.420 e. The lowest BCUT2D eigenvalue weighted by molar-refractivity contribution is -0.141. The molecule has 34 heavy (non-hydrogen) atoms. The Morgan fingerprint density at radius 1 is 1.12 bits per heavy atom. The molecule has 1 fully saturated rings. The van der Waals surface area contributed by atoms with Gasteiger partial charge in [-0.2, -0.15) is 13.2 Å². The minimum atomic E-state index is -4.58. The summed E-state index contributed by atoms with van der Waals surface area (Å²) in [4.78, 5) is 34.7. The zero-order chi connectivity index (χ0) is 24.3. The maximum absolute atomic E-state index is 13.0. The van der Waals surface area contributed by atoms with Crippen LogP contribution in [-0.4, -0.2) is 20.9 Å². The van der Waals surface area contributed by atoms with Crippen molar-refractivity contribution < 1.29 is 22.7 Å². The first-order valence-electron chi connectivity index (χ1n) is 10.9. The third-order valence-corrected chi connectivity index (χ3v) is 5.63. The Morgan fingerprint density at radius 3 is 2.62 bits per heavy atom. The number of carbonyl (C=O) groups excluding carboxylic acids is 1. The van der Waals surface area contributed by atoms with E-state index >= 15 is 0 Å². The number of aromatic nitrogens is 3. The summed E-state index contributed by atoms with van der Waals surface area (Å²) in [5, 5.41) is 2.79. The van der Waals surface area contributed by atoms with E-state index in [1.54, 1.807) is 12.1 Å². The molecule has 0 bridgehead atoms. The second-order valence-corrected chi connectivity index (χ2v) is 8.31. The van der Waals surface area contributed by atoms with Gasteiger partial charge >= 0.3 is 12.1 Å². The van der Waals surface area contributed by atoms with Gasteiger partial charge in [-0.25, -0.2) is 9.97 Å². The maximum atomic E-state index is 13.0. The Morgan fingerprint density at radius 2 is 1.88 bits per heavy atom. The molecule has 7 nitrogen and oxygen atoms in total. The average Bonchev–Trinajstić information content (AvgIpc) is 2.80. The minimum absolute atomic E-state index is 0.0923. The number of ether oxygens (including phenoxy) is 1. The summed E-state index contributed by atoms with van der Waals surface area (Å²) in [7, 11) is 0. The normalized spacial score (nSPS) is 14.6. The smallest absolute Gasteiger partial charge is 0.420 e. The fraction of sp³-hybridized carbons (Fsp3) is 0.333. The number of halogens is 3. The fourth-order valence-corrected chi connectivity index (χ4v) is 3.96. The largest absolute Gasteiger partial charge is 0.433 e. The Labute approximate surface area is 193 Å². The first-order valence-corrected chi connectivity index (χ1v) is 10.9. The summed E-state index contributed by atoms with van der Waals surface area (Å²) in [5.74, 6) is -0.907. The van der Waals surface area contributed by atoms with Crippen LogP contribution in [0, 0.1) is 12.8 Å². The number of nitrogens with one attached hydrogen (secondary N) is 2. The van der Waals surface area contributed by atoms with Crippen LogP contribution in [0.4, 0.5) is 24.8 Å². The van der Waals surface area contributed by atoms with Crippen molar-refractivity contribution >= 4 is 17.6 Å². The Bertz CT molecular complexity index is 1250. The van der Waals surface area contributed by atoms with Crippen molar-refractivity contribution in [3.8, 4) is 16.9 Å². The van der Waals surface area contributed by atoms with Gasteiger partial charge in [-0.15, -0.1) is 0 Å². The van der Waals surface area contributed by atoms with Gasteiger partial charge in [-0.05, 0) is 55.2 Å².